The van der Waals surface area contributed by atoms with Gasteiger partial charge in [-0.15, -0.1) is 0 Å². The third kappa shape index (κ3) is 2.34. The van der Waals surface area contributed by atoms with Gasteiger partial charge in [0.2, 0.25) is 5.91 Å². The largest absolute Gasteiger partial charge is 0.307 e. The first-order valence-corrected chi connectivity index (χ1v) is 10.5. The quantitative estimate of drug-likeness (QED) is 0.727. The van der Waals surface area contributed by atoms with E-state index in [4.69, 9.17) is 0 Å². The number of piperidine rings is 1. The first-order chi connectivity index (χ1) is 12.3. The molecule has 3 fully saturated rings. The van der Waals surface area contributed by atoms with Gasteiger partial charge < -0.3 is 4.90 Å². The maximum Gasteiger partial charge on any atom is 0.239 e. The summed E-state index contributed by atoms with van der Waals surface area (Å²) >= 11 is 3.49. The van der Waals surface area contributed by atoms with Crippen LogP contribution in [0.3, 0.4) is 0 Å². The summed E-state index contributed by atoms with van der Waals surface area (Å²) in [6.07, 6.45) is 5.92. The average Bonchev–Trinajstić information content (AvgIpc) is 3.29. The molecule has 6 heteroatoms. The van der Waals surface area contributed by atoms with Gasteiger partial charge in [-0.3, -0.25) is 14.7 Å². The van der Waals surface area contributed by atoms with Crippen LogP contribution < -0.4 is 4.90 Å². The molecular weight excluding hydrogens is 397 g/mol. The standard InChI is InChI=1S/C20H25BrFN3O/c1-19(2)17-15(7-12(21)10-23-17)25(18(19)26)14-8-13(9-14)24-6-3-16(22)20(11-24)4-5-20/h7,10,13-14,16H,3-6,8-9,11H2,1-2H3. The predicted octanol–water partition coefficient (Wildman–Crippen LogP) is 3.82. The van der Waals surface area contributed by atoms with Crippen molar-refractivity contribution in [3.63, 3.8) is 0 Å². The molecule has 1 unspecified atom stereocenters. The molecule has 1 aromatic heterocycles. The molecule has 4 nitrogen and oxygen atoms in total. The zero-order valence-corrected chi connectivity index (χ0v) is 16.9. The van der Waals surface area contributed by atoms with Gasteiger partial charge in [-0.25, -0.2) is 4.39 Å². The maximum atomic E-state index is 14.2. The molecule has 1 atom stereocenters. The molecule has 26 heavy (non-hydrogen) atoms. The number of alkyl halides is 1. The molecular formula is C20H25BrFN3O. The van der Waals surface area contributed by atoms with Gasteiger partial charge in [-0.05, 0) is 67.9 Å². The van der Waals surface area contributed by atoms with E-state index in [2.05, 4.69) is 25.8 Å². The zero-order valence-electron chi connectivity index (χ0n) is 15.3. The van der Waals surface area contributed by atoms with E-state index in [0.717, 1.165) is 54.6 Å². The number of hydrogen-bond donors (Lipinski definition) is 0. The number of hydrogen-bond acceptors (Lipinski definition) is 3. The fourth-order valence-electron chi connectivity index (χ4n) is 5.15. The maximum absolute atomic E-state index is 14.2. The number of aromatic nitrogens is 1. The number of likely N-dealkylation sites (tertiary alicyclic amines) is 1. The Bertz CT molecular complexity index is 772. The molecule has 1 amide bonds. The number of rotatable bonds is 2. The predicted molar refractivity (Wildman–Crippen MR) is 102 cm³/mol. The number of nitrogens with zero attached hydrogens (tertiary/aromatic N) is 3. The Morgan fingerprint density at radius 3 is 2.69 bits per heavy atom. The Labute approximate surface area is 162 Å². The van der Waals surface area contributed by atoms with Crippen LogP contribution in [0, 0.1) is 5.41 Å². The number of pyridine rings is 1. The van der Waals surface area contributed by atoms with Crippen LogP contribution >= 0.6 is 15.9 Å². The summed E-state index contributed by atoms with van der Waals surface area (Å²) in [5, 5.41) is 0. The molecule has 140 valence electrons. The van der Waals surface area contributed by atoms with Crippen molar-refractivity contribution in [1.29, 1.82) is 0 Å². The molecule has 2 aliphatic heterocycles. The lowest BCUT2D eigenvalue weighted by Crippen LogP contribution is -2.59. The average molecular weight is 422 g/mol. The SMILES string of the molecule is CC1(C)C(=O)N(C2CC(N3CCC(F)C4(CC4)C3)C2)c2cc(Br)cnc21. The fraction of sp³-hybridized carbons (Fsp3) is 0.700. The van der Waals surface area contributed by atoms with Crippen LogP contribution in [0.2, 0.25) is 0 Å². The van der Waals surface area contributed by atoms with Crippen molar-refractivity contribution in [2.75, 3.05) is 18.0 Å². The minimum atomic E-state index is -0.606. The summed E-state index contributed by atoms with van der Waals surface area (Å²) in [6, 6.07) is 2.75. The van der Waals surface area contributed by atoms with Crippen molar-refractivity contribution in [1.82, 2.24) is 9.88 Å². The number of halogens is 2. The molecule has 1 saturated heterocycles. The molecule has 0 aromatic carbocycles. The number of anilines is 1. The second-order valence-electron chi connectivity index (χ2n) is 9.19. The van der Waals surface area contributed by atoms with E-state index in [9.17, 15) is 9.18 Å². The lowest BCUT2D eigenvalue weighted by molar-refractivity contribution is -0.123. The first-order valence-electron chi connectivity index (χ1n) is 9.70. The van der Waals surface area contributed by atoms with Gasteiger partial charge in [0.15, 0.2) is 0 Å². The van der Waals surface area contributed by atoms with Crippen LogP contribution in [0.5, 0.6) is 0 Å². The topological polar surface area (TPSA) is 36.4 Å². The smallest absolute Gasteiger partial charge is 0.239 e. The number of carbonyl (C=O) groups excluding carboxylic acids is 1. The molecule has 2 saturated carbocycles. The van der Waals surface area contributed by atoms with Crippen LogP contribution in [0.25, 0.3) is 0 Å². The molecule has 0 radical (unpaired) electrons. The fourth-order valence-corrected chi connectivity index (χ4v) is 5.47. The van der Waals surface area contributed by atoms with Crippen LogP contribution in [-0.4, -0.2) is 47.1 Å². The third-order valence-electron chi connectivity index (χ3n) is 7.15. The van der Waals surface area contributed by atoms with Gasteiger partial charge in [-0.1, -0.05) is 0 Å². The Morgan fingerprint density at radius 2 is 2.00 bits per heavy atom. The highest BCUT2D eigenvalue weighted by Gasteiger charge is 2.56. The second kappa shape index (κ2) is 5.51. The van der Waals surface area contributed by atoms with E-state index in [1.807, 2.05) is 24.8 Å². The second-order valence-corrected chi connectivity index (χ2v) is 10.1. The summed E-state index contributed by atoms with van der Waals surface area (Å²) in [5.41, 5.74) is 1.24. The number of amides is 1. The van der Waals surface area contributed by atoms with Crippen molar-refractivity contribution in [2.24, 2.45) is 5.41 Å². The third-order valence-corrected chi connectivity index (χ3v) is 7.59. The Balaban J connectivity index is 1.32. The lowest BCUT2D eigenvalue weighted by Gasteiger charge is -2.49. The first kappa shape index (κ1) is 17.1. The van der Waals surface area contributed by atoms with Crippen LogP contribution in [0.15, 0.2) is 16.7 Å². The summed E-state index contributed by atoms with van der Waals surface area (Å²) in [4.78, 5) is 22.1. The van der Waals surface area contributed by atoms with E-state index >= 15 is 0 Å². The summed E-state index contributed by atoms with van der Waals surface area (Å²) in [7, 11) is 0. The molecule has 3 heterocycles. The van der Waals surface area contributed by atoms with Crippen molar-refractivity contribution in [3.05, 3.63) is 22.4 Å². The minimum absolute atomic E-state index is 0.0316. The monoisotopic (exact) mass is 421 g/mol. The van der Waals surface area contributed by atoms with E-state index in [1.165, 1.54) is 0 Å². The summed E-state index contributed by atoms with van der Waals surface area (Å²) in [5.74, 6) is 0.155. The molecule has 2 aliphatic carbocycles. The summed E-state index contributed by atoms with van der Waals surface area (Å²) < 4.78 is 15.1. The summed E-state index contributed by atoms with van der Waals surface area (Å²) in [6.45, 7) is 5.71. The highest BCUT2D eigenvalue weighted by atomic mass is 79.9. The van der Waals surface area contributed by atoms with Crippen LogP contribution in [0.4, 0.5) is 10.1 Å². The highest BCUT2D eigenvalue weighted by molar-refractivity contribution is 9.10. The van der Waals surface area contributed by atoms with Gasteiger partial charge in [0.25, 0.3) is 0 Å². The van der Waals surface area contributed by atoms with E-state index in [0.29, 0.717) is 12.5 Å². The van der Waals surface area contributed by atoms with Crippen molar-refractivity contribution in [2.45, 2.75) is 69.6 Å². The van der Waals surface area contributed by atoms with E-state index < -0.39 is 11.6 Å². The highest BCUT2D eigenvalue weighted by Crippen LogP contribution is 2.55. The van der Waals surface area contributed by atoms with Gasteiger partial charge in [0.05, 0.1) is 16.8 Å². The van der Waals surface area contributed by atoms with Crippen LogP contribution in [0.1, 0.15) is 51.6 Å². The van der Waals surface area contributed by atoms with Gasteiger partial charge >= 0.3 is 0 Å². The molecule has 4 aliphatic rings. The van der Waals surface area contributed by atoms with E-state index in [1.54, 1.807) is 6.20 Å². The molecule has 5 rings (SSSR count). The normalized spacial score (nSPS) is 34.7. The van der Waals surface area contributed by atoms with Crippen molar-refractivity contribution >= 4 is 27.5 Å². The lowest BCUT2D eigenvalue weighted by atomic mass is 9.81. The molecule has 1 aromatic rings. The number of fused-ring (bicyclic) bond motifs is 1. The Hall–Kier alpha value is -1.01. The van der Waals surface area contributed by atoms with Gasteiger partial charge in [0.1, 0.15) is 6.17 Å². The van der Waals surface area contributed by atoms with Crippen LogP contribution in [-0.2, 0) is 10.2 Å². The zero-order chi connectivity index (χ0) is 18.3. The van der Waals surface area contributed by atoms with Gasteiger partial charge in [-0.2, -0.15) is 0 Å². The van der Waals surface area contributed by atoms with Crippen molar-refractivity contribution < 1.29 is 9.18 Å². The molecule has 0 N–H and O–H groups in total. The minimum Gasteiger partial charge on any atom is -0.307 e. The molecule has 1 spiro atoms. The Morgan fingerprint density at radius 1 is 1.27 bits per heavy atom. The van der Waals surface area contributed by atoms with Crippen molar-refractivity contribution in [3.8, 4) is 0 Å². The Kier molecular flexibility index (Phi) is 3.62. The van der Waals surface area contributed by atoms with E-state index in [-0.39, 0.29) is 17.4 Å². The number of carbonyl (C=O) groups is 1. The molecule has 0 bridgehead atoms. The van der Waals surface area contributed by atoms with Gasteiger partial charge in [0, 0.05) is 41.3 Å².